The average Bonchev–Trinajstić information content (AvgIpc) is 3.27. The second-order valence-electron chi connectivity index (χ2n) is 8.14. The Bertz CT molecular complexity index is 1140. The van der Waals surface area contributed by atoms with Gasteiger partial charge in [0.05, 0.1) is 11.7 Å². The zero-order valence-electron chi connectivity index (χ0n) is 16.5. The number of aromatic nitrogens is 3. The summed E-state index contributed by atoms with van der Waals surface area (Å²) >= 11 is 2.33. The van der Waals surface area contributed by atoms with E-state index in [1.807, 2.05) is 35.9 Å². The molecule has 0 spiro atoms. The lowest BCUT2D eigenvalue weighted by Gasteiger charge is -2.25. The third-order valence-electron chi connectivity index (χ3n) is 6.34. The van der Waals surface area contributed by atoms with E-state index < -0.39 is 18.3 Å². The van der Waals surface area contributed by atoms with Crippen molar-refractivity contribution in [3.05, 3.63) is 51.1 Å². The molecule has 3 aromatic rings. The SMILES string of the molecule is Cc1ncnc2c1ccn2C1CC(Oc2ccc(I)c3c2CC(=N)CC3)[C@@H](O)[C@H]1O. The molecular formula is C22H23IN4O3. The van der Waals surface area contributed by atoms with Gasteiger partial charge >= 0.3 is 0 Å². The molecule has 8 heteroatoms. The third kappa shape index (κ3) is 3.21. The number of halogens is 1. The van der Waals surface area contributed by atoms with Gasteiger partial charge in [-0.2, -0.15) is 0 Å². The molecule has 3 N–H and O–H groups in total. The summed E-state index contributed by atoms with van der Waals surface area (Å²) < 4.78 is 9.37. The van der Waals surface area contributed by atoms with E-state index in [-0.39, 0.29) is 6.04 Å². The molecule has 0 radical (unpaired) electrons. The van der Waals surface area contributed by atoms with Crippen LogP contribution in [0.15, 0.2) is 30.7 Å². The van der Waals surface area contributed by atoms with Crippen LogP contribution in [-0.4, -0.2) is 48.8 Å². The Balaban J connectivity index is 1.45. The molecule has 4 atom stereocenters. The molecule has 2 aliphatic carbocycles. The summed E-state index contributed by atoms with van der Waals surface area (Å²) in [6.45, 7) is 1.93. The van der Waals surface area contributed by atoms with Crippen molar-refractivity contribution in [2.45, 2.75) is 57.0 Å². The lowest BCUT2D eigenvalue weighted by atomic mass is 9.89. The molecule has 0 saturated heterocycles. The van der Waals surface area contributed by atoms with Crippen molar-refractivity contribution in [3.8, 4) is 5.75 Å². The Labute approximate surface area is 187 Å². The van der Waals surface area contributed by atoms with Crippen LogP contribution in [0.25, 0.3) is 11.0 Å². The summed E-state index contributed by atoms with van der Waals surface area (Å²) in [5, 5.41) is 30.6. The molecule has 0 aliphatic heterocycles. The maximum absolute atomic E-state index is 10.8. The fourth-order valence-electron chi connectivity index (χ4n) is 4.68. The van der Waals surface area contributed by atoms with Gasteiger partial charge in [0.2, 0.25) is 0 Å². The van der Waals surface area contributed by atoms with Crippen molar-refractivity contribution in [2.75, 3.05) is 0 Å². The van der Waals surface area contributed by atoms with Gasteiger partial charge in [-0.15, -0.1) is 0 Å². The van der Waals surface area contributed by atoms with E-state index in [0.29, 0.717) is 24.3 Å². The van der Waals surface area contributed by atoms with Crippen LogP contribution in [0, 0.1) is 15.9 Å². The molecule has 2 unspecified atom stereocenters. The minimum absolute atomic E-state index is 0.338. The molecule has 30 heavy (non-hydrogen) atoms. The second-order valence-corrected chi connectivity index (χ2v) is 9.31. The summed E-state index contributed by atoms with van der Waals surface area (Å²) in [6.07, 6.45) is 3.58. The Morgan fingerprint density at radius 2 is 1.97 bits per heavy atom. The predicted octanol–water partition coefficient (Wildman–Crippen LogP) is 2.97. The smallest absolute Gasteiger partial charge is 0.143 e. The van der Waals surface area contributed by atoms with Gasteiger partial charge in [-0.05, 0) is 66.1 Å². The highest BCUT2D eigenvalue weighted by Crippen LogP contribution is 2.38. The third-order valence-corrected chi connectivity index (χ3v) is 7.35. The summed E-state index contributed by atoms with van der Waals surface area (Å²) in [4.78, 5) is 8.61. The lowest BCUT2D eigenvalue weighted by Crippen LogP contribution is -2.34. The molecule has 2 heterocycles. The molecule has 7 nitrogen and oxygen atoms in total. The first-order valence-electron chi connectivity index (χ1n) is 10.1. The van der Waals surface area contributed by atoms with Crippen LogP contribution in [-0.2, 0) is 12.8 Å². The zero-order valence-corrected chi connectivity index (χ0v) is 18.7. The number of nitrogens with zero attached hydrogens (tertiary/aromatic N) is 3. The molecular weight excluding hydrogens is 495 g/mol. The van der Waals surface area contributed by atoms with Crippen LogP contribution < -0.4 is 4.74 Å². The highest BCUT2D eigenvalue weighted by molar-refractivity contribution is 14.1. The van der Waals surface area contributed by atoms with Crippen molar-refractivity contribution < 1.29 is 14.9 Å². The van der Waals surface area contributed by atoms with E-state index in [1.165, 1.54) is 15.5 Å². The summed E-state index contributed by atoms with van der Waals surface area (Å²) in [7, 11) is 0. The molecule has 2 aliphatic rings. The van der Waals surface area contributed by atoms with Gasteiger partial charge in [0.1, 0.15) is 36.0 Å². The van der Waals surface area contributed by atoms with Crippen LogP contribution >= 0.6 is 22.6 Å². The maximum Gasteiger partial charge on any atom is 0.143 e. The molecule has 1 aromatic carbocycles. The van der Waals surface area contributed by atoms with Crippen molar-refractivity contribution in [1.82, 2.24) is 14.5 Å². The number of aliphatic hydroxyl groups excluding tert-OH is 2. The summed E-state index contributed by atoms with van der Waals surface area (Å²) in [6, 6.07) is 5.56. The van der Waals surface area contributed by atoms with Gasteiger partial charge in [0, 0.05) is 39.3 Å². The van der Waals surface area contributed by atoms with Gasteiger partial charge in [-0.1, -0.05) is 0 Å². The maximum atomic E-state index is 10.8. The normalized spacial score (nSPS) is 26.2. The number of hydrogen-bond donors (Lipinski definition) is 3. The van der Waals surface area contributed by atoms with E-state index in [1.54, 1.807) is 0 Å². The van der Waals surface area contributed by atoms with Crippen LogP contribution in [0.2, 0.25) is 0 Å². The first kappa shape index (κ1) is 19.9. The first-order chi connectivity index (χ1) is 14.4. The van der Waals surface area contributed by atoms with Crippen LogP contribution in [0.1, 0.15) is 35.7 Å². The zero-order chi connectivity index (χ0) is 21.0. The van der Waals surface area contributed by atoms with Crippen LogP contribution in [0.4, 0.5) is 0 Å². The van der Waals surface area contributed by atoms with Crippen molar-refractivity contribution in [3.63, 3.8) is 0 Å². The minimum Gasteiger partial charge on any atom is -0.487 e. The molecule has 1 saturated carbocycles. The molecule has 0 bridgehead atoms. The molecule has 1 fully saturated rings. The Kier molecular flexibility index (Phi) is 5.03. The number of benzene rings is 1. The second kappa shape index (κ2) is 7.58. The van der Waals surface area contributed by atoms with Gasteiger partial charge < -0.3 is 24.9 Å². The number of rotatable bonds is 3. The first-order valence-corrected chi connectivity index (χ1v) is 11.2. The van der Waals surface area contributed by atoms with E-state index in [4.69, 9.17) is 10.1 Å². The molecule has 5 rings (SSSR count). The topological polar surface area (TPSA) is 104 Å². The number of hydrogen-bond acceptors (Lipinski definition) is 6. The Morgan fingerprint density at radius 1 is 1.13 bits per heavy atom. The predicted molar refractivity (Wildman–Crippen MR) is 121 cm³/mol. The van der Waals surface area contributed by atoms with Crippen LogP contribution in [0.3, 0.4) is 0 Å². The summed E-state index contributed by atoms with van der Waals surface area (Å²) in [5.74, 6) is 0.710. The average molecular weight is 518 g/mol. The van der Waals surface area contributed by atoms with Gasteiger partial charge in [0.15, 0.2) is 0 Å². The number of aryl methyl sites for hydroxylation is 1. The van der Waals surface area contributed by atoms with Gasteiger partial charge in [-0.25, -0.2) is 9.97 Å². The quantitative estimate of drug-likeness (QED) is 0.463. The van der Waals surface area contributed by atoms with E-state index in [9.17, 15) is 10.2 Å². The fourth-order valence-corrected chi connectivity index (χ4v) is 5.46. The van der Waals surface area contributed by atoms with Gasteiger partial charge in [-0.3, -0.25) is 0 Å². The highest BCUT2D eigenvalue weighted by Gasteiger charge is 2.44. The van der Waals surface area contributed by atoms with E-state index in [2.05, 4.69) is 32.6 Å². The lowest BCUT2D eigenvalue weighted by molar-refractivity contribution is -0.0165. The van der Waals surface area contributed by atoms with Gasteiger partial charge in [0.25, 0.3) is 0 Å². The molecule has 156 valence electrons. The monoisotopic (exact) mass is 518 g/mol. The number of aliphatic hydroxyl groups is 2. The fraction of sp³-hybridized carbons (Fsp3) is 0.409. The Hall–Kier alpha value is -2.04. The highest BCUT2D eigenvalue weighted by atomic mass is 127. The van der Waals surface area contributed by atoms with E-state index in [0.717, 1.165) is 35.1 Å². The Morgan fingerprint density at radius 3 is 2.80 bits per heavy atom. The summed E-state index contributed by atoms with van der Waals surface area (Å²) in [5.41, 5.74) is 4.61. The number of ether oxygens (including phenoxy) is 1. The number of nitrogens with one attached hydrogen (secondary N) is 1. The standard InChI is InChI=1S/C22H23IN4O3/c1-11-13-6-7-27(22(13)26-10-25-11)17-9-19(21(29)20(17)28)30-18-5-4-16(23)14-3-2-12(24)8-15(14)18/h4-7,10,17,19-21,24,28-29H,2-3,8-9H2,1H3/t17?,19?,20-,21+/m0/s1. The van der Waals surface area contributed by atoms with E-state index >= 15 is 0 Å². The van der Waals surface area contributed by atoms with Crippen molar-refractivity contribution in [1.29, 1.82) is 5.41 Å². The van der Waals surface area contributed by atoms with Crippen molar-refractivity contribution >= 4 is 39.3 Å². The minimum atomic E-state index is -1.01. The molecule has 0 amide bonds. The molecule has 2 aromatic heterocycles. The van der Waals surface area contributed by atoms with Crippen LogP contribution in [0.5, 0.6) is 5.75 Å². The van der Waals surface area contributed by atoms with Crippen molar-refractivity contribution in [2.24, 2.45) is 0 Å². The largest absolute Gasteiger partial charge is 0.487 e. The number of fused-ring (bicyclic) bond motifs is 2.